The van der Waals surface area contributed by atoms with Crippen molar-refractivity contribution in [2.24, 2.45) is 0 Å². The van der Waals surface area contributed by atoms with Crippen LogP contribution in [0.15, 0.2) is 33.7 Å². The highest BCUT2D eigenvalue weighted by Crippen LogP contribution is 2.17. The second-order valence-electron chi connectivity index (χ2n) is 1.81. The maximum Gasteiger partial charge on any atom is 0.0247 e. The van der Waals surface area contributed by atoms with Gasteiger partial charge in [0, 0.05) is 4.47 Å². The zero-order valence-corrected chi connectivity index (χ0v) is 8.39. The first-order valence-corrected chi connectivity index (χ1v) is 4.57. The van der Waals surface area contributed by atoms with Gasteiger partial charge in [0.1, 0.15) is 0 Å². The highest BCUT2D eigenvalue weighted by atomic mass is 79.9. The Labute approximate surface area is 77.2 Å². The van der Waals surface area contributed by atoms with Crippen LogP contribution in [0, 0.1) is 0 Å². The van der Waals surface area contributed by atoms with Gasteiger partial charge in [0.25, 0.3) is 0 Å². The first-order chi connectivity index (χ1) is 4.84. The minimum atomic E-state index is 1.12. The lowest BCUT2D eigenvalue weighted by molar-refractivity contribution is 1.61. The van der Waals surface area contributed by atoms with Gasteiger partial charge in [0.05, 0.1) is 0 Å². The van der Waals surface area contributed by atoms with E-state index in [-0.39, 0.29) is 0 Å². The quantitative estimate of drug-likeness (QED) is 0.721. The molecule has 0 bridgehead atoms. The third-order valence-corrected chi connectivity index (χ3v) is 2.13. The van der Waals surface area contributed by atoms with Crippen LogP contribution in [-0.2, 0) is 0 Å². The van der Waals surface area contributed by atoms with Gasteiger partial charge in [-0.15, -0.1) is 0 Å². The lowest BCUT2D eigenvalue weighted by Gasteiger charge is -1.94. The van der Waals surface area contributed by atoms with E-state index in [1.807, 2.05) is 35.3 Å². The number of hydrogen-bond donors (Lipinski definition) is 0. The van der Waals surface area contributed by atoms with E-state index in [1.54, 1.807) is 0 Å². The molecule has 0 N–H and O–H groups in total. The van der Waals surface area contributed by atoms with Crippen LogP contribution in [0.4, 0.5) is 0 Å². The van der Waals surface area contributed by atoms with Crippen molar-refractivity contribution in [3.63, 3.8) is 0 Å². The number of halogens is 2. The molecule has 0 unspecified atom stereocenters. The maximum absolute atomic E-state index is 3.43. The Morgan fingerprint density at radius 1 is 1.20 bits per heavy atom. The summed E-state index contributed by atoms with van der Waals surface area (Å²) < 4.78 is 1.12. The molecule has 10 heavy (non-hydrogen) atoms. The molecule has 0 aromatic heterocycles. The lowest BCUT2D eigenvalue weighted by atomic mass is 10.2. The standard InChI is InChI=1S/C8H6Br2/c9-6-5-7-3-1-2-4-8(7)10/h1-6H/b6-5-. The number of rotatable bonds is 1. The minimum absolute atomic E-state index is 1.12. The van der Waals surface area contributed by atoms with Gasteiger partial charge in [-0.2, -0.15) is 0 Å². The first kappa shape index (κ1) is 8.02. The Hall–Kier alpha value is -0.0800. The predicted octanol–water partition coefficient (Wildman–Crippen LogP) is 3.81. The van der Waals surface area contributed by atoms with Crippen molar-refractivity contribution in [3.05, 3.63) is 39.3 Å². The molecule has 0 saturated heterocycles. The average molecular weight is 262 g/mol. The van der Waals surface area contributed by atoms with Gasteiger partial charge in [0.15, 0.2) is 0 Å². The molecule has 0 fully saturated rings. The van der Waals surface area contributed by atoms with Crippen molar-refractivity contribution in [3.8, 4) is 0 Å². The van der Waals surface area contributed by atoms with Gasteiger partial charge in [0.2, 0.25) is 0 Å². The van der Waals surface area contributed by atoms with Crippen LogP contribution in [0.2, 0.25) is 0 Å². The molecular formula is C8H6Br2. The molecule has 0 aliphatic heterocycles. The summed E-state index contributed by atoms with van der Waals surface area (Å²) in [5.74, 6) is 0. The molecule has 0 spiro atoms. The number of hydrogen-bond acceptors (Lipinski definition) is 0. The molecule has 1 rings (SSSR count). The Morgan fingerprint density at radius 2 is 1.90 bits per heavy atom. The molecule has 0 amide bonds. The van der Waals surface area contributed by atoms with Gasteiger partial charge in [-0.1, -0.05) is 50.1 Å². The summed E-state index contributed by atoms with van der Waals surface area (Å²) in [5, 5.41) is 0. The number of benzene rings is 1. The van der Waals surface area contributed by atoms with Gasteiger partial charge in [-0.05, 0) is 22.7 Å². The summed E-state index contributed by atoms with van der Waals surface area (Å²) >= 11 is 6.64. The van der Waals surface area contributed by atoms with E-state index in [0.717, 1.165) is 4.47 Å². The largest absolute Gasteiger partial charge is 0.0616 e. The van der Waals surface area contributed by atoms with E-state index < -0.39 is 0 Å². The first-order valence-electron chi connectivity index (χ1n) is 2.86. The van der Waals surface area contributed by atoms with Crippen LogP contribution in [0.3, 0.4) is 0 Å². The molecule has 1 aromatic carbocycles. The minimum Gasteiger partial charge on any atom is -0.0616 e. The monoisotopic (exact) mass is 260 g/mol. The molecule has 0 nitrogen and oxygen atoms in total. The summed E-state index contributed by atoms with van der Waals surface area (Å²) in [7, 11) is 0. The highest BCUT2D eigenvalue weighted by molar-refractivity contribution is 9.11. The van der Waals surface area contributed by atoms with Gasteiger partial charge in [-0.3, -0.25) is 0 Å². The fourth-order valence-electron chi connectivity index (χ4n) is 0.678. The summed E-state index contributed by atoms with van der Waals surface area (Å²) in [6, 6.07) is 8.06. The second kappa shape index (κ2) is 3.94. The zero-order chi connectivity index (χ0) is 7.40. The van der Waals surface area contributed by atoms with E-state index >= 15 is 0 Å². The Morgan fingerprint density at radius 3 is 2.50 bits per heavy atom. The summed E-state index contributed by atoms with van der Waals surface area (Å²) in [6.45, 7) is 0. The van der Waals surface area contributed by atoms with Gasteiger partial charge in [-0.25, -0.2) is 0 Å². The summed E-state index contributed by atoms with van der Waals surface area (Å²) in [6.07, 6.45) is 1.99. The predicted molar refractivity (Wildman–Crippen MR) is 52.1 cm³/mol. The topological polar surface area (TPSA) is 0 Å². The normalized spacial score (nSPS) is 10.6. The molecule has 0 radical (unpaired) electrons. The van der Waals surface area contributed by atoms with E-state index in [4.69, 9.17) is 0 Å². The Bertz CT molecular complexity index is 241. The van der Waals surface area contributed by atoms with Gasteiger partial charge < -0.3 is 0 Å². The van der Waals surface area contributed by atoms with Crippen LogP contribution in [-0.4, -0.2) is 0 Å². The maximum atomic E-state index is 3.43. The van der Waals surface area contributed by atoms with Crippen molar-refractivity contribution < 1.29 is 0 Å². The van der Waals surface area contributed by atoms with E-state index in [9.17, 15) is 0 Å². The molecule has 0 aliphatic carbocycles. The van der Waals surface area contributed by atoms with Crippen molar-refractivity contribution >= 4 is 37.9 Å². The van der Waals surface area contributed by atoms with E-state index in [0.29, 0.717) is 0 Å². The molecule has 0 aliphatic rings. The van der Waals surface area contributed by atoms with E-state index in [1.165, 1.54) is 5.56 Å². The van der Waals surface area contributed by atoms with Crippen LogP contribution in [0.5, 0.6) is 0 Å². The molecule has 52 valence electrons. The lowest BCUT2D eigenvalue weighted by Crippen LogP contribution is -1.71. The van der Waals surface area contributed by atoms with E-state index in [2.05, 4.69) is 31.9 Å². The van der Waals surface area contributed by atoms with Crippen molar-refractivity contribution in [2.75, 3.05) is 0 Å². The van der Waals surface area contributed by atoms with Crippen LogP contribution in [0.25, 0.3) is 6.08 Å². The molecule has 1 aromatic rings. The fourth-order valence-corrected chi connectivity index (χ4v) is 1.38. The molecule has 2 heteroatoms. The van der Waals surface area contributed by atoms with Crippen LogP contribution in [0.1, 0.15) is 5.56 Å². The molecular weight excluding hydrogens is 256 g/mol. The molecule has 0 heterocycles. The summed E-state index contributed by atoms with van der Waals surface area (Å²) in [5.41, 5.74) is 1.18. The Kier molecular flexibility index (Phi) is 3.16. The highest BCUT2D eigenvalue weighted by Gasteiger charge is 1.90. The smallest absolute Gasteiger partial charge is 0.0247 e. The average Bonchev–Trinajstić information content (AvgIpc) is 1.94. The zero-order valence-electron chi connectivity index (χ0n) is 5.22. The van der Waals surface area contributed by atoms with Crippen LogP contribution < -0.4 is 0 Å². The Balaban J connectivity index is 3.03. The summed E-state index contributed by atoms with van der Waals surface area (Å²) in [4.78, 5) is 1.84. The molecule has 0 atom stereocenters. The fraction of sp³-hybridized carbons (Fsp3) is 0. The van der Waals surface area contributed by atoms with Crippen LogP contribution >= 0.6 is 31.9 Å². The van der Waals surface area contributed by atoms with Crippen molar-refractivity contribution in [2.45, 2.75) is 0 Å². The third-order valence-electron chi connectivity index (χ3n) is 1.15. The molecule has 0 saturated carbocycles. The van der Waals surface area contributed by atoms with Crippen molar-refractivity contribution in [1.82, 2.24) is 0 Å². The van der Waals surface area contributed by atoms with Gasteiger partial charge >= 0.3 is 0 Å². The second-order valence-corrected chi connectivity index (χ2v) is 3.20. The SMILES string of the molecule is Br/C=C\c1ccccc1Br. The third kappa shape index (κ3) is 1.96. The van der Waals surface area contributed by atoms with Crippen molar-refractivity contribution in [1.29, 1.82) is 0 Å².